The highest BCUT2D eigenvalue weighted by Gasteiger charge is 2.71. The van der Waals surface area contributed by atoms with Crippen LogP contribution in [-0.2, 0) is 23.9 Å². The van der Waals surface area contributed by atoms with E-state index in [-0.39, 0.29) is 36.7 Å². The first-order chi connectivity index (χ1) is 15.1. The number of ether oxygens (including phenoxy) is 2. The van der Waals surface area contributed by atoms with Crippen LogP contribution < -0.4 is 16.0 Å². The molecule has 2 rings (SSSR count). The predicted octanol–water partition coefficient (Wildman–Crippen LogP) is 1.11. The Kier molecular flexibility index (Phi) is 8.04. The molecule has 2 saturated carbocycles. The Balaban J connectivity index is 2.07. The SMILES string of the molecule is CCOC(=O)[C@]1(NC(=O)[C@H](C)NC(=O)[C@@H](NC(=O)OC(C)(C)C)C(C)C)C[C@H](O)[C@H]2[C@H](C)[C@H]21. The quantitative estimate of drug-likeness (QED) is 0.390. The van der Waals surface area contributed by atoms with Gasteiger partial charge in [-0.05, 0) is 52.4 Å². The summed E-state index contributed by atoms with van der Waals surface area (Å²) in [5.74, 6) is -2.16. The normalized spacial score (nSPS) is 30.0. The molecule has 4 N–H and O–H groups in total. The summed E-state index contributed by atoms with van der Waals surface area (Å²) in [5, 5.41) is 18.3. The van der Waals surface area contributed by atoms with Crippen molar-refractivity contribution in [2.75, 3.05) is 6.61 Å². The van der Waals surface area contributed by atoms with Gasteiger partial charge in [0, 0.05) is 12.3 Å². The maximum atomic E-state index is 13.0. The van der Waals surface area contributed by atoms with E-state index in [0.29, 0.717) is 0 Å². The van der Waals surface area contributed by atoms with Gasteiger partial charge in [0.25, 0.3) is 0 Å². The number of esters is 1. The number of hydrogen-bond donors (Lipinski definition) is 4. The topological polar surface area (TPSA) is 143 Å². The average Bonchev–Trinajstić information content (AvgIpc) is 3.25. The van der Waals surface area contributed by atoms with Crippen LogP contribution in [0.1, 0.15) is 61.8 Å². The Labute approximate surface area is 195 Å². The van der Waals surface area contributed by atoms with Crippen molar-refractivity contribution < 1.29 is 33.8 Å². The summed E-state index contributed by atoms with van der Waals surface area (Å²) in [6.07, 6.45) is -1.36. The van der Waals surface area contributed by atoms with Crippen LogP contribution in [0, 0.1) is 23.7 Å². The molecule has 2 fully saturated rings. The lowest BCUT2D eigenvalue weighted by Gasteiger charge is -2.33. The van der Waals surface area contributed by atoms with Gasteiger partial charge in [-0.2, -0.15) is 0 Å². The molecule has 0 bridgehead atoms. The monoisotopic (exact) mass is 469 g/mol. The molecule has 0 aliphatic heterocycles. The van der Waals surface area contributed by atoms with E-state index >= 15 is 0 Å². The summed E-state index contributed by atoms with van der Waals surface area (Å²) in [6.45, 7) is 13.9. The van der Waals surface area contributed by atoms with Gasteiger partial charge in [0.05, 0.1) is 12.7 Å². The van der Waals surface area contributed by atoms with Crippen LogP contribution in [0.4, 0.5) is 4.79 Å². The molecule has 0 saturated heterocycles. The highest BCUT2D eigenvalue weighted by Crippen LogP contribution is 2.62. The number of fused-ring (bicyclic) bond motifs is 1. The molecule has 0 radical (unpaired) electrons. The Morgan fingerprint density at radius 2 is 1.70 bits per heavy atom. The van der Waals surface area contributed by atoms with Gasteiger partial charge in [0.15, 0.2) is 0 Å². The summed E-state index contributed by atoms with van der Waals surface area (Å²) in [7, 11) is 0. The number of alkyl carbamates (subject to hydrolysis) is 1. The Morgan fingerprint density at radius 1 is 1.09 bits per heavy atom. The summed E-state index contributed by atoms with van der Waals surface area (Å²) < 4.78 is 10.4. The molecule has 2 aliphatic rings. The van der Waals surface area contributed by atoms with Crippen LogP contribution in [0.15, 0.2) is 0 Å². The summed E-state index contributed by atoms with van der Waals surface area (Å²) in [4.78, 5) is 50.8. The largest absolute Gasteiger partial charge is 0.464 e. The summed E-state index contributed by atoms with van der Waals surface area (Å²) in [6, 6.07) is -1.91. The van der Waals surface area contributed by atoms with E-state index in [1.165, 1.54) is 6.92 Å². The number of amides is 3. The van der Waals surface area contributed by atoms with Crippen molar-refractivity contribution in [1.82, 2.24) is 16.0 Å². The minimum Gasteiger partial charge on any atom is -0.464 e. The molecule has 0 aromatic heterocycles. The minimum absolute atomic E-state index is 0.0667. The number of aliphatic hydroxyl groups is 1. The van der Waals surface area contributed by atoms with Crippen molar-refractivity contribution in [2.24, 2.45) is 23.7 Å². The first-order valence-electron chi connectivity index (χ1n) is 11.6. The highest BCUT2D eigenvalue weighted by atomic mass is 16.6. The first kappa shape index (κ1) is 26.9. The third kappa shape index (κ3) is 5.96. The Hall–Kier alpha value is -2.36. The molecule has 10 heteroatoms. The van der Waals surface area contributed by atoms with Gasteiger partial charge >= 0.3 is 12.1 Å². The van der Waals surface area contributed by atoms with E-state index in [0.717, 1.165) is 0 Å². The van der Waals surface area contributed by atoms with Crippen LogP contribution in [-0.4, -0.2) is 64.9 Å². The van der Waals surface area contributed by atoms with Gasteiger partial charge in [-0.25, -0.2) is 9.59 Å². The zero-order valence-electron chi connectivity index (χ0n) is 20.9. The van der Waals surface area contributed by atoms with Crippen LogP contribution in [0.25, 0.3) is 0 Å². The number of carbonyl (C=O) groups is 4. The van der Waals surface area contributed by atoms with Gasteiger partial charge in [-0.1, -0.05) is 20.8 Å². The van der Waals surface area contributed by atoms with Gasteiger partial charge in [-0.3, -0.25) is 9.59 Å². The van der Waals surface area contributed by atoms with E-state index < -0.39 is 53.2 Å². The Morgan fingerprint density at radius 3 is 2.15 bits per heavy atom. The molecule has 10 nitrogen and oxygen atoms in total. The first-order valence-corrected chi connectivity index (χ1v) is 11.6. The van der Waals surface area contributed by atoms with Gasteiger partial charge < -0.3 is 30.5 Å². The van der Waals surface area contributed by atoms with E-state index in [1.54, 1.807) is 41.5 Å². The third-order valence-corrected chi connectivity index (χ3v) is 6.35. The fourth-order valence-electron chi connectivity index (χ4n) is 4.79. The zero-order valence-corrected chi connectivity index (χ0v) is 20.9. The van der Waals surface area contributed by atoms with E-state index in [4.69, 9.17) is 9.47 Å². The molecule has 2 aliphatic carbocycles. The number of hydrogen-bond acceptors (Lipinski definition) is 7. The molecule has 188 valence electrons. The number of aliphatic hydroxyl groups excluding tert-OH is 1. The van der Waals surface area contributed by atoms with Crippen LogP contribution in [0.3, 0.4) is 0 Å². The standard InChI is InChI=1S/C23H39N3O7/c1-9-32-20(30)23(10-14(27)15-12(4)16(15)23)26-18(28)13(5)24-19(29)17(11(2)3)25-21(31)33-22(6,7)8/h11-17,27H,9-10H2,1-8H3,(H,24,29)(H,25,31)(H,26,28)/t12-,13-,14-,15+,16+,17-,23-/m0/s1. The lowest BCUT2D eigenvalue weighted by atomic mass is 9.89. The molecule has 0 unspecified atom stereocenters. The van der Waals surface area contributed by atoms with Crippen LogP contribution in [0.5, 0.6) is 0 Å². The summed E-state index contributed by atoms with van der Waals surface area (Å²) in [5.41, 5.74) is -2.04. The van der Waals surface area contributed by atoms with Crippen molar-refractivity contribution >= 4 is 23.9 Å². The zero-order chi connectivity index (χ0) is 25.3. The smallest absolute Gasteiger partial charge is 0.408 e. The van der Waals surface area contributed by atoms with Crippen molar-refractivity contribution in [3.8, 4) is 0 Å². The van der Waals surface area contributed by atoms with Crippen molar-refractivity contribution in [3.05, 3.63) is 0 Å². The van der Waals surface area contributed by atoms with Crippen molar-refractivity contribution in [2.45, 2.75) is 91.1 Å². The molecular formula is C23H39N3O7. The Bertz CT molecular complexity index is 779. The molecule has 0 heterocycles. The molecule has 33 heavy (non-hydrogen) atoms. The van der Waals surface area contributed by atoms with Crippen molar-refractivity contribution in [1.29, 1.82) is 0 Å². The molecule has 0 spiro atoms. The van der Waals surface area contributed by atoms with Crippen LogP contribution in [0.2, 0.25) is 0 Å². The predicted molar refractivity (Wildman–Crippen MR) is 120 cm³/mol. The lowest BCUT2D eigenvalue weighted by molar-refractivity contribution is -0.155. The summed E-state index contributed by atoms with van der Waals surface area (Å²) >= 11 is 0. The van der Waals surface area contributed by atoms with Gasteiger partial charge in [-0.15, -0.1) is 0 Å². The maximum absolute atomic E-state index is 13.0. The van der Waals surface area contributed by atoms with Gasteiger partial charge in [0.1, 0.15) is 23.2 Å². The third-order valence-electron chi connectivity index (χ3n) is 6.35. The number of rotatable bonds is 8. The van der Waals surface area contributed by atoms with Crippen LogP contribution >= 0.6 is 0 Å². The van der Waals surface area contributed by atoms with Gasteiger partial charge in [0.2, 0.25) is 11.8 Å². The van der Waals surface area contributed by atoms with E-state index in [2.05, 4.69) is 16.0 Å². The maximum Gasteiger partial charge on any atom is 0.408 e. The molecular weight excluding hydrogens is 430 g/mol. The number of carbonyl (C=O) groups excluding carboxylic acids is 4. The van der Waals surface area contributed by atoms with E-state index in [9.17, 15) is 24.3 Å². The fourth-order valence-corrected chi connectivity index (χ4v) is 4.79. The second kappa shape index (κ2) is 9.87. The second-order valence-electron chi connectivity index (χ2n) is 10.5. The molecule has 3 amide bonds. The highest BCUT2D eigenvalue weighted by molar-refractivity contribution is 5.95. The molecule has 0 aromatic rings. The molecule has 0 aromatic carbocycles. The average molecular weight is 470 g/mol. The second-order valence-corrected chi connectivity index (χ2v) is 10.5. The molecule has 7 atom stereocenters. The number of nitrogens with one attached hydrogen (secondary N) is 3. The van der Waals surface area contributed by atoms with Crippen molar-refractivity contribution in [3.63, 3.8) is 0 Å². The van der Waals surface area contributed by atoms with E-state index in [1.807, 2.05) is 6.92 Å². The fraction of sp³-hybridized carbons (Fsp3) is 0.826. The lowest BCUT2D eigenvalue weighted by Crippen LogP contribution is -2.62. The minimum atomic E-state index is -1.32.